The Labute approximate surface area is 107 Å². The molecule has 0 atom stereocenters. The highest BCUT2D eigenvalue weighted by atomic mass is 32.2. The predicted molar refractivity (Wildman–Crippen MR) is 65.0 cm³/mol. The molecule has 2 rings (SSSR count). The first-order chi connectivity index (χ1) is 8.56. The van der Waals surface area contributed by atoms with E-state index in [0.29, 0.717) is 18.8 Å². The second-order valence-corrected chi connectivity index (χ2v) is 4.94. The Balaban J connectivity index is 2.17. The third-order valence-electron chi connectivity index (χ3n) is 2.41. The van der Waals surface area contributed by atoms with Crippen LogP contribution in [0.25, 0.3) is 0 Å². The molecule has 0 saturated carbocycles. The van der Waals surface area contributed by atoms with Gasteiger partial charge in [-0.1, -0.05) is 18.2 Å². The summed E-state index contributed by atoms with van der Waals surface area (Å²) < 4.78 is 37.4. The second-order valence-electron chi connectivity index (χ2n) is 3.71. The van der Waals surface area contributed by atoms with Crippen molar-refractivity contribution in [2.75, 3.05) is 29.8 Å². The molecule has 1 heterocycles. The van der Waals surface area contributed by atoms with E-state index in [9.17, 15) is 13.2 Å². The monoisotopic (exact) mass is 278 g/mol. The van der Waals surface area contributed by atoms with Gasteiger partial charge in [-0.2, -0.15) is 26.8 Å². The highest BCUT2D eigenvalue weighted by Crippen LogP contribution is 2.26. The molecule has 18 heavy (non-hydrogen) atoms. The van der Waals surface area contributed by atoms with Gasteiger partial charge in [-0.25, -0.2) is 0 Å². The molecule has 1 saturated heterocycles. The molecule has 0 spiro atoms. The molecule has 0 amide bonds. The molecule has 0 N–H and O–H groups in total. The Kier molecular flexibility index (Phi) is 4.36. The van der Waals surface area contributed by atoms with E-state index in [1.807, 2.05) is 0 Å². The molecule has 0 bridgehead atoms. The van der Waals surface area contributed by atoms with E-state index in [2.05, 4.69) is 4.84 Å². The highest BCUT2D eigenvalue weighted by Gasteiger charge is 2.36. The lowest BCUT2D eigenvalue weighted by Crippen LogP contribution is -2.49. The predicted octanol–water partition coefficient (Wildman–Crippen LogP) is 2.91. The average Bonchev–Trinajstić information content (AvgIpc) is 2.37. The van der Waals surface area contributed by atoms with E-state index in [1.165, 1.54) is 0 Å². The third kappa shape index (κ3) is 3.79. The molecule has 0 radical (unpaired) electrons. The largest absolute Gasteiger partial charge is 0.545 e. The van der Waals surface area contributed by atoms with E-state index >= 15 is 0 Å². The van der Waals surface area contributed by atoms with Crippen molar-refractivity contribution in [1.82, 2.24) is 5.01 Å². The normalized spacial score (nSPS) is 17.7. The molecule has 1 aromatic carbocycles. The van der Waals surface area contributed by atoms with E-state index in [0.717, 1.165) is 16.7 Å². The molecule has 0 aromatic heterocycles. The third-order valence-corrected chi connectivity index (χ3v) is 3.35. The van der Waals surface area contributed by atoms with Crippen LogP contribution < -0.4 is 5.17 Å². The lowest BCUT2D eigenvalue weighted by Gasteiger charge is -2.37. The first kappa shape index (κ1) is 13.5. The molecule has 1 aliphatic rings. The summed E-state index contributed by atoms with van der Waals surface area (Å²) in [4.78, 5) is 4.11. The van der Waals surface area contributed by atoms with Gasteiger partial charge >= 0.3 is 6.36 Å². The Morgan fingerprint density at radius 3 is 2.28 bits per heavy atom. The molecule has 3 nitrogen and oxygen atoms in total. The van der Waals surface area contributed by atoms with Crippen LogP contribution in [0.2, 0.25) is 0 Å². The van der Waals surface area contributed by atoms with Crippen molar-refractivity contribution in [3.63, 3.8) is 0 Å². The van der Waals surface area contributed by atoms with Crippen LogP contribution in [-0.4, -0.2) is 36.0 Å². The number of halogens is 3. The summed E-state index contributed by atoms with van der Waals surface area (Å²) in [5.41, 5.74) is 0.377. The van der Waals surface area contributed by atoms with E-state index in [1.54, 1.807) is 47.1 Å². The Morgan fingerprint density at radius 2 is 1.72 bits per heavy atom. The van der Waals surface area contributed by atoms with Crippen molar-refractivity contribution in [3.8, 4) is 0 Å². The minimum atomic E-state index is -4.69. The summed E-state index contributed by atoms with van der Waals surface area (Å²) >= 11 is 1.72. The molecule has 100 valence electrons. The smallest absolute Gasteiger partial charge is 0.194 e. The molecule has 1 fully saturated rings. The molecular weight excluding hydrogens is 265 g/mol. The van der Waals surface area contributed by atoms with Crippen LogP contribution in [0, 0.1) is 0 Å². The fourth-order valence-electron chi connectivity index (χ4n) is 1.66. The molecule has 0 aliphatic carbocycles. The number of benzene rings is 1. The summed E-state index contributed by atoms with van der Waals surface area (Å²) in [5, 5.41) is 2.42. The van der Waals surface area contributed by atoms with Crippen LogP contribution in [0.4, 0.5) is 18.9 Å². The van der Waals surface area contributed by atoms with Crippen molar-refractivity contribution in [2.45, 2.75) is 6.36 Å². The van der Waals surface area contributed by atoms with Crippen LogP contribution in [0.1, 0.15) is 0 Å². The summed E-state index contributed by atoms with van der Waals surface area (Å²) in [6.07, 6.45) is -4.69. The molecular formula is C11H13F3N2OS. The van der Waals surface area contributed by atoms with Gasteiger partial charge in [0.05, 0.1) is 5.69 Å². The Morgan fingerprint density at radius 1 is 1.11 bits per heavy atom. The number of hydrazine groups is 1. The second kappa shape index (κ2) is 5.81. The summed E-state index contributed by atoms with van der Waals surface area (Å²) in [6.45, 7) is 1.07. The zero-order valence-electron chi connectivity index (χ0n) is 9.56. The van der Waals surface area contributed by atoms with Gasteiger partial charge in [0.25, 0.3) is 0 Å². The summed E-state index contributed by atoms with van der Waals surface area (Å²) in [5.74, 6) is 1.59. The zero-order chi connectivity index (χ0) is 13.0. The van der Waals surface area contributed by atoms with Gasteiger partial charge < -0.3 is 0 Å². The summed E-state index contributed by atoms with van der Waals surface area (Å²) in [7, 11) is 0. The lowest BCUT2D eigenvalue weighted by atomic mass is 10.3. The number of nitrogens with zero attached hydrogens (tertiary/aromatic N) is 2. The first-order valence-electron chi connectivity index (χ1n) is 5.50. The van der Waals surface area contributed by atoms with Crippen molar-refractivity contribution in [3.05, 3.63) is 30.3 Å². The number of alkyl halides is 3. The topological polar surface area (TPSA) is 15.7 Å². The maximum Gasteiger partial charge on any atom is 0.545 e. The van der Waals surface area contributed by atoms with Gasteiger partial charge in [-0.15, -0.1) is 13.2 Å². The Bertz CT molecular complexity index is 368. The van der Waals surface area contributed by atoms with Crippen LogP contribution in [0.5, 0.6) is 0 Å². The highest BCUT2D eigenvalue weighted by molar-refractivity contribution is 7.99. The molecule has 0 unspecified atom stereocenters. The van der Waals surface area contributed by atoms with Gasteiger partial charge in [-0.05, 0) is 12.1 Å². The number of hydrogen-bond donors (Lipinski definition) is 0. The van der Waals surface area contributed by atoms with Gasteiger partial charge in [0.1, 0.15) is 0 Å². The minimum absolute atomic E-state index is 0.377. The van der Waals surface area contributed by atoms with Crippen molar-refractivity contribution in [2.24, 2.45) is 0 Å². The Hall–Kier alpha value is -0.920. The van der Waals surface area contributed by atoms with Gasteiger partial charge in [-0.3, -0.25) is 0 Å². The number of anilines is 1. The fraction of sp³-hybridized carbons (Fsp3) is 0.455. The van der Waals surface area contributed by atoms with Crippen molar-refractivity contribution < 1.29 is 18.0 Å². The summed E-state index contributed by atoms with van der Waals surface area (Å²) in [6, 6.07) is 8.30. The maximum atomic E-state index is 12.5. The SMILES string of the molecule is FC(F)(F)ON(c1ccccc1)N1CCSCC1. The van der Waals surface area contributed by atoms with Crippen molar-refractivity contribution in [1.29, 1.82) is 0 Å². The van der Waals surface area contributed by atoms with E-state index in [-0.39, 0.29) is 0 Å². The fourth-order valence-corrected chi connectivity index (χ4v) is 2.55. The molecule has 7 heteroatoms. The number of rotatable bonds is 3. The maximum absolute atomic E-state index is 12.5. The van der Waals surface area contributed by atoms with Crippen molar-refractivity contribution >= 4 is 17.4 Å². The van der Waals surface area contributed by atoms with Crippen LogP contribution >= 0.6 is 11.8 Å². The number of thioether (sulfide) groups is 1. The van der Waals surface area contributed by atoms with E-state index in [4.69, 9.17) is 0 Å². The number of hydrogen-bond acceptors (Lipinski definition) is 4. The van der Waals surface area contributed by atoms with E-state index < -0.39 is 6.36 Å². The average molecular weight is 278 g/mol. The number of para-hydroxylation sites is 1. The zero-order valence-corrected chi connectivity index (χ0v) is 10.4. The first-order valence-corrected chi connectivity index (χ1v) is 6.65. The van der Waals surface area contributed by atoms with Crippen LogP contribution in [-0.2, 0) is 4.84 Å². The van der Waals surface area contributed by atoms with Gasteiger partial charge in [0.2, 0.25) is 0 Å². The minimum Gasteiger partial charge on any atom is -0.194 e. The quantitative estimate of drug-likeness (QED) is 0.790. The van der Waals surface area contributed by atoms with Gasteiger partial charge in [0, 0.05) is 24.6 Å². The van der Waals surface area contributed by atoms with Crippen LogP contribution in [0.15, 0.2) is 30.3 Å². The molecule has 1 aromatic rings. The van der Waals surface area contributed by atoms with Gasteiger partial charge in [0.15, 0.2) is 0 Å². The lowest BCUT2D eigenvalue weighted by molar-refractivity contribution is -0.345. The molecule has 1 aliphatic heterocycles. The standard InChI is InChI=1S/C11H13F3N2OS/c12-11(13,14)17-16(10-4-2-1-3-5-10)15-6-8-18-9-7-15/h1-5H,6-9H2. The van der Waals surface area contributed by atoms with Crippen LogP contribution in [0.3, 0.4) is 0 Å².